The minimum Gasteiger partial charge on any atom is -0.368 e. The lowest BCUT2D eigenvalue weighted by Gasteiger charge is -2.33. The van der Waals surface area contributed by atoms with Crippen LogP contribution in [0.15, 0.2) is 24.4 Å². The van der Waals surface area contributed by atoms with Gasteiger partial charge in [-0.3, -0.25) is 9.78 Å². The Labute approximate surface area is 102 Å². The lowest BCUT2D eigenvalue weighted by Crippen LogP contribution is -2.44. The maximum atomic E-state index is 11.9. The zero-order chi connectivity index (χ0) is 12.3. The number of nitrogens with zero attached hydrogens (tertiary/aromatic N) is 2. The minimum absolute atomic E-state index is 0.0393. The molecule has 17 heavy (non-hydrogen) atoms. The van der Waals surface area contributed by atoms with Gasteiger partial charge in [0.25, 0.3) is 0 Å². The molecule has 1 aromatic heterocycles. The predicted octanol–water partition coefficient (Wildman–Crippen LogP) is 1.64. The van der Waals surface area contributed by atoms with Gasteiger partial charge in [-0.25, -0.2) is 0 Å². The van der Waals surface area contributed by atoms with E-state index in [0.717, 1.165) is 5.69 Å². The Morgan fingerprint density at radius 2 is 2.35 bits per heavy atom. The van der Waals surface area contributed by atoms with Crippen LogP contribution in [0.1, 0.15) is 25.6 Å². The van der Waals surface area contributed by atoms with Gasteiger partial charge < -0.3 is 9.64 Å². The van der Waals surface area contributed by atoms with E-state index in [1.807, 2.05) is 36.9 Å². The summed E-state index contributed by atoms with van der Waals surface area (Å²) >= 11 is 0. The molecule has 0 aromatic carbocycles. The van der Waals surface area contributed by atoms with E-state index >= 15 is 0 Å². The Morgan fingerprint density at radius 1 is 1.53 bits per heavy atom. The summed E-state index contributed by atoms with van der Waals surface area (Å²) in [5, 5.41) is 0. The number of hydrogen-bond acceptors (Lipinski definition) is 3. The molecule has 0 aliphatic carbocycles. The highest BCUT2D eigenvalue weighted by Crippen LogP contribution is 2.21. The second-order valence-corrected chi connectivity index (χ2v) is 4.55. The highest BCUT2D eigenvalue weighted by atomic mass is 16.5. The number of morpholine rings is 1. The summed E-state index contributed by atoms with van der Waals surface area (Å²) in [6.45, 7) is 5.72. The lowest BCUT2D eigenvalue weighted by molar-refractivity contribution is -0.142. The van der Waals surface area contributed by atoms with Gasteiger partial charge in [-0.2, -0.15) is 0 Å². The number of carbonyl (C=O) groups excluding carboxylic acids is 1. The van der Waals surface area contributed by atoms with Gasteiger partial charge in [-0.1, -0.05) is 19.9 Å². The van der Waals surface area contributed by atoms with Crippen LogP contribution in [0.2, 0.25) is 0 Å². The number of rotatable bonds is 2. The molecule has 1 aliphatic heterocycles. The second kappa shape index (κ2) is 5.27. The fraction of sp³-hybridized carbons (Fsp3) is 0.538. The molecule has 0 bridgehead atoms. The zero-order valence-electron chi connectivity index (χ0n) is 10.3. The smallest absolute Gasteiger partial charge is 0.225 e. The van der Waals surface area contributed by atoms with Crippen molar-refractivity contribution < 1.29 is 9.53 Å². The van der Waals surface area contributed by atoms with Crippen LogP contribution in [-0.4, -0.2) is 35.5 Å². The van der Waals surface area contributed by atoms with Crippen molar-refractivity contribution >= 4 is 5.91 Å². The molecule has 0 unspecified atom stereocenters. The summed E-state index contributed by atoms with van der Waals surface area (Å²) in [5.74, 6) is 0.228. The number of pyridine rings is 1. The molecule has 0 N–H and O–H groups in total. The van der Waals surface area contributed by atoms with E-state index in [2.05, 4.69) is 4.98 Å². The standard InChI is InChI=1S/C13H18N2O2/c1-10(2)13(16)15-7-8-17-12(9-15)11-5-3-4-6-14-11/h3-6,10,12H,7-9H2,1-2H3/t12-/m1/s1. The number of amides is 1. The van der Waals surface area contributed by atoms with Gasteiger partial charge in [0, 0.05) is 18.7 Å². The Balaban J connectivity index is 2.05. The molecule has 1 amide bonds. The average Bonchev–Trinajstić information content (AvgIpc) is 2.39. The van der Waals surface area contributed by atoms with E-state index in [1.165, 1.54) is 0 Å². The van der Waals surface area contributed by atoms with E-state index in [4.69, 9.17) is 4.74 Å². The molecule has 1 aromatic rings. The summed E-state index contributed by atoms with van der Waals surface area (Å²) in [6.07, 6.45) is 1.66. The van der Waals surface area contributed by atoms with E-state index < -0.39 is 0 Å². The lowest BCUT2D eigenvalue weighted by atomic mass is 10.1. The van der Waals surface area contributed by atoms with Crippen molar-refractivity contribution in [3.63, 3.8) is 0 Å². The first-order valence-corrected chi connectivity index (χ1v) is 6.00. The van der Waals surface area contributed by atoms with E-state index in [0.29, 0.717) is 19.7 Å². The first kappa shape index (κ1) is 12.0. The summed E-state index contributed by atoms with van der Waals surface area (Å²) in [6, 6.07) is 5.76. The summed E-state index contributed by atoms with van der Waals surface area (Å²) in [7, 11) is 0. The molecule has 2 rings (SSSR count). The Hall–Kier alpha value is -1.42. The van der Waals surface area contributed by atoms with Gasteiger partial charge in [-0.05, 0) is 12.1 Å². The summed E-state index contributed by atoms with van der Waals surface area (Å²) in [4.78, 5) is 18.1. The van der Waals surface area contributed by atoms with E-state index in [-0.39, 0.29) is 17.9 Å². The average molecular weight is 234 g/mol. The normalized spacial score (nSPS) is 20.6. The number of aromatic nitrogens is 1. The third-order valence-corrected chi connectivity index (χ3v) is 2.89. The third kappa shape index (κ3) is 2.82. The van der Waals surface area contributed by atoms with Crippen LogP contribution in [-0.2, 0) is 9.53 Å². The minimum atomic E-state index is -0.0901. The van der Waals surface area contributed by atoms with Gasteiger partial charge in [0.2, 0.25) is 5.91 Å². The molecule has 1 fully saturated rings. The fourth-order valence-corrected chi connectivity index (χ4v) is 1.96. The molecule has 0 spiro atoms. The molecule has 0 radical (unpaired) electrons. The van der Waals surface area contributed by atoms with Crippen molar-refractivity contribution in [3.05, 3.63) is 30.1 Å². The van der Waals surface area contributed by atoms with Gasteiger partial charge >= 0.3 is 0 Å². The van der Waals surface area contributed by atoms with Crippen molar-refractivity contribution in [1.82, 2.24) is 9.88 Å². The molecular formula is C13H18N2O2. The first-order chi connectivity index (χ1) is 8.18. The Bertz CT molecular complexity index is 378. The highest BCUT2D eigenvalue weighted by molar-refractivity contribution is 5.78. The maximum absolute atomic E-state index is 11.9. The van der Waals surface area contributed by atoms with Crippen molar-refractivity contribution in [1.29, 1.82) is 0 Å². The van der Waals surface area contributed by atoms with Gasteiger partial charge in [0.15, 0.2) is 0 Å². The second-order valence-electron chi connectivity index (χ2n) is 4.55. The largest absolute Gasteiger partial charge is 0.368 e. The van der Waals surface area contributed by atoms with Crippen LogP contribution in [0.25, 0.3) is 0 Å². The zero-order valence-corrected chi connectivity index (χ0v) is 10.3. The van der Waals surface area contributed by atoms with Crippen LogP contribution in [0.3, 0.4) is 0 Å². The van der Waals surface area contributed by atoms with Crippen molar-refractivity contribution in [3.8, 4) is 0 Å². The fourth-order valence-electron chi connectivity index (χ4n) is 1.96. The summed E-state index contributed by atoms with van der Waals surface area (Å²) in [5.41, 5.74) is 0.897. The van der Waals surface area contributed by atoms with Crippen LogP contribution in [0.4, 0.5) is 0 Å². The number of hydrogen-bond donors (Lipinski definition) is 0. The van der Waals surface area contributed by atoms with E-state index in [9.17, 15) is 4.79 Å². The monoisotopic (exact) mass is 234 g/mol. The molecule has 1 saturated heterocycles. The van der Waals surface area contributed by atoms with Gasteiger partial charge in [0.05, 0.1) is 18.8 Å². The van der Waals surface area contributed by atoms with Crippen molar-refractivity contribution in [2.45, 2.75) is 20.0 Å². The SMILES string of the molecule is CC(C)C(=O)N1CCO[C@@H](c2ccccn2)C1. The first-order valence-electron chi connectivity index (χ1n) is 6.00. The van der Waals surface area contributed by atoms with Crippen LogP contribution in [0.5, 0.6) is 0 Å². The Morgan fingerprint density at radius 3 is 3.00 bits per heavy atom. The van der Waals surface area contributed by atoms with Crippen molar-refractivity contribution in [2.24, 2.45) is 5.92 Å². The van der Waals surface area contributed by atoms with Gasteiger partial charge in [0.1, 0.15) is 6.10 Å². The molecule has 1 aliphatic rings. The van der Waals surface area contributed by atoms with Crippen molar-refractivity contribution in [2.75, 3.05) is 19.7 Å². The molecular weight excluding hydrogens is 216 g/mol. The number of carbonyl (C=O) groups is 1. The molecule has 1 atom stereocenters. The summed E-state index contributed by atoms with van der Waals surface area (Å²) < 4.78 is 5.67. The van der Waals surface area contributed by atoms with E-state index in [1.54, 1.807) is 6.20 Å². The van der Waals surface area contributed by atoms with Crippen LogP contribution in [0, 0.1) is 5.92 Å². The third-order valence-electron chi connectivity index (χ3n) is 2.89. The number of ether oxygens (including phenoxy) is 1. The maximum Gasteiger partial charge on any atom is 0.225 e. The Kier molecular flexibility index (Phi) is 3.74. The van der Waals surface area contributed by atoms with Crippen LogP contribution >= 0.6 is 0 Å². The molecule has 0 saturated carbocycles. The molecule has 4 heteroatoms. The molecule has 4 nitrogen and oxygen atoms in total. The predicted molar refractivity (Wildman–Crippen MR) is 64.3 cm³/mol. The highest BCUT2D eigenvalue weighted by Gasteiger charge is 2.27. The van der Waals surface area contributed by atoms with Gasteiger partial charge in [-0.15, -0.1) is 0 Å². The topological polar surface area (TPSA) is 42.4 Å². The quantitative estimate of drug-likeness (QED) is 0.781. The van der Waals surface area contributed by atoms with Crippen LogP contribution < -0.4 is 0 Å². The molecule has 2 heterocycles. The molecule has 92 valence electrons.